The van der Waals surface area contributed by atoms with Crippen molar-refractivity contribution < 1.29 is 9.47 Å². The normalized spacial score (nSPS) is 15.7. The summed E-state index contributed by atoms with van der Waals surface area (Å²) >= 11 is 0. The summed E-state index contributed by atoms with van der Waals surface area (Å²) in [5.74, 6) is 2.02. The highest BCUT2D eigenvalue weighted by molar-refractivity contribution is 6.19. The van der Waals surface area contributed by atoms with E-state index >= 15 is 0 Å². The smallest absolute Gasteiger partial charge is 0.178 e. The molecule has 0 bridgehead atoms. The van der Waals surface area contributed by atoms with E-state index in [2.05, 4.69) is 183 Å². The van der Waals surface area contributed by atoms with Crippen LogP contribution in [0.5, 0.6) is 11.5 Å². The zero-order chi connectivity index (χ0) is 37.5. The van der Waals surface area contributed by atoms with Gasteiger partial charge in [-0.3, -0.25) is 0 Å². The van der Waals surface area contributed by atoms with Crippen LogP contribution < -0.4 is 14.4 Å². The monoisotopic (exact) mass is 721 g/mol. The molecule has 1 atom stereocenters. The molecule has 2 heterocycles. The van der Waals surface area contributed by atoms with E-state index in [4.69, 9.17) is 9.47 Å². The van der Waals surface area contributed by atoms with Gasteiger partial charge in [0.15, 0.2) is 5.60 Å². The Labute approximate surface area is 327 Å². The van der Waals surface area contributed by atoms with Crippen LogP contribution in [0.25, 0.3) is 61.4 Å². The van der Waals surface area contributed by atoms with E-state index in [-0.39, 0.29) is 5.92 Å². The maximum atomic E-state index is 7.62. The van der Waals surface area contributed by atoms with E-state index in [0.717, 1.165) is 50.6 Å². The van der Waals surface area contributed by atoms with E-state index in [0.29, 0.717) is 0 Å². The quantitative estimate of drug-likeness (QED) is 0.177. The number of methoxy groups -OCH3 is 1. The lowest BCUT2D eigenvalue weighted by Crippen LogP contribution is -2.34. The molecule has 0 saturated carbocycles. The second kappa shape index (κ2) is 12.3. The highest BCUT2D eigenvalue weighted by Crippen LogP contribution is 2.57. The molecule has 0 fully saturated rings. The molecule has 3 heteroatoms. The number of nitrogens with zero attached hydrogens (tertiary/aromatic N) is 1. The van der Waals surface area contributed by atoms with E-state index in [9.17, 15) is 0 Å². The van der Waals surface area contributed by atoms with Crippen LogP contribution in [0.2, 0.25) is 0 Å². The van der Waals surface area contributed by atoms with Crippen molar-refractivity contribution in [1.29, 1.82) is 0 Å². The third-order valence-electron chi connectivity index (χ3n) is 12.0. The van der Waals surface area contributed by atoms with Crippen LogP contribution in [0, 0.1) is 0 Å². The fourth-order valence-electron chi connectivity index (χ4n) is 9.59. The Hall–Kier alpha value is -6.84. The predicted molar refractivity (Wildman–Crippen MR) is 231 cm³/mol. The maximum absolute atomic E-state index is 7.62. The van der Waals surface area contributed by atoms with E-state index < -0.39 is 5.60 Å². The van der Waals surface area contributed by atoms with Crippen LogP contribution in [-0.4, -0.2) is 7.11 Å². The summed E-state index contributed by atoms with van der Waals surface area (Å²) in [6.45, 7) is 4.61. The first-order valence-electron chi connectivity index (χ1n) is 19.5. The number of fused-ring (bicyclic) bond motifs is 10. The van der Waals surface area contributed by atoms with Gasteiger partial charge in [-0.25, -0.2) is 0 Å². The van der Waals surface area contributed by atoms with Gasteiger partial charge in [0.1, 0.15) is 11.5 Å². The van der Waals surface area contributed by atoms with Gasteiger partial charge in [0.05, 0.1) is 18.5 Å². The van der Waals surface area contributed by atoms with E-state index in [1.54, 1.807) is 7.11 Å². The van der Waals surface area contributed by atoms with Crippen LogP contribution in [0.1, 0.15) is 42.0 Å². The molecule has 3 aliphatic rings. The Balaban J connectivity index is 1.11. The molecule has 0 aromatic heterocycles. The topological polar surface area (TPSA) is 21.7 Å². The number of benzene rings is 8. The first-order chi connectivity index (χ1) is 27.6. The molecule has 8 aromatic rings. The van der Waals surface area contributed by atoms with Crippen LogP contribution in [0.3, 0.4) is 0 Å². The fraction of sp³-hybridized carbons (Fsp3) is 0.0943. The fourth-order valence-corrected chi connectivity index (χ4v) is 9.59. The number of rotatable bonds is 5. The molecule has 0 radical (unpaired) electrons. The van der Waals surface area contributed by atoms with Crippen molar-refractivity contribution in [2.75, 3.05) is 12.0 Å². The largest absolute Gasteiger partial charge is 0.497 e. The Kier molecular flexibility index (Phi) is 7.18. The second-order valence-corrected chi connectivity index (χ2v) is 15.3. The second-order valence-electron chi connectivity index (χ2n) is 15.3. The minimum atomic E-state index is -0.901. The molecule has 268 valence electrons. The molecule has 0 saturated heterocycles. The highest BCUT2D eigenvalue weighted by atomic mass is 16.5. The van der Waals surface area contributed by atoms with Gasteiger partial charge in [0.2, 0.25) is 0 Å². The summed E-state index contributed by atoms with van der Waals surface area (Å²) in [6.07, 6.45) is 4.60. The van der Waals surface area contributed by atoms with Crippen molar-refractivity contribution in [2.24, 2.45) is 0 Å². The van der Waals surface area contributed by atoms with Crippen molar-refractivity contribution in [3.63, 3.8) is 0 Å². The lowest BCUT2D eigenvalue weighted by molar-refractivity contribution is 0.163. The molecule has 1 unspecified atom stereocenters. The molecule has 0 N–H and O–H groups in total. The van der Waals surface area contributed by atoms with E-state index in [1.165, 1.54) is 55.5 Å². The lowest BCUT2D eigenvalue weighted by Gasteiger charge is -2.38. The molecular weight excluding hydrogens is 683 g/mol. The van der Waals surface area contributed by atoms with Gasteiger partial charge in [-0.1, -0.05) is 147 Å². The van der Waals surface area contributed by atoms with Gasteiger partial charge >= 0.3 is 0 Å². The Morgan fingerprint density at radius 1 is 0.536 bits per heavy atom. The summed E-state index contributed by atoms with van der Waals surface area (Å²) in [5.41, 5.74) is 17.2. The standard InChI is InChI=1S/C53H39NO2/c1-33(2)49-46-31-32-53(35-25-29-37(55-3)30-26-35,56-52(46)45-20-12-19-43-40-15-6-7-18-44(40)51(49)50(43)45)34-23-27-36(28-24-34)54-47-21-10-8-16-41(47)38-13-4-5-14-39(38)42-17-9-11-22-48(42)54/h4-33H,1-3H3. The number of para-hydroxylation sites is 2. The lowest BCUT2D eigenvalue weighted by atomic mass is 9.80. The first-order valence-corrected chi connectivity index (χ1v) is 19.5. The van der Waals surface area contributed by atoms with Crippen LogP contribution in [-0.2, 0) is 5.60 Å². The molecule has 3 nitrogen and oxygen atoms in total. The Morgan fingerprint density at radius 2 is 1.05 bits per heavy atom. The molecule has 0 amide bonds. The Bertz CT molecular complexity index is 2840. The minimum Gasteiger partial charge on any atom is -0.497 e. The minimum absolute atomic E-state index is 0.286. The maximum Gasteiger partial charge on any atom is 0.178 e. The highest BCUT2D eigenvalue weighted by Gasteiger charge is 2.41. The van der Waals surface area contributed by atoms with Gasteiger partial charge in [0.25, 0.3) is 0 Å². The molecule has 0 spiro atoms. The van der Waals surface area contributed by atoms with Crippen LogP contribution in [0.4, 0.5) is 17.1 Å². The number of ether oxygens (including phenoxy) is 2. The number of hydrogen-bond donors (Lipinski definition) is 0. The van der Waals surface area contributed by atoms with Crippen LogP contribution >= 0.6 is 0 Å². The zero-order valence-electron chi connectivity index (χ0n) is 31.6. The summed E-state index contributed by atoms with van der Waals surface area (Å²) in [5, 5.41) is 2.43. The molecule has 8 aromatic carbocycles. The van der Waals surface area contributed by atoms with Gasteiger partial charge < -0.3 is 14.4 Å². The summed E-state index contributed by atoms with van der Waals surface area (Å²) in [4.78, 5) is 2.40. The third kappa shape index (κ3) is 4.58. The molecule has 56 heavy (non-hydrogen) atoms. The molecule has 2 aliphatic heterocycles. The predicted octanol–water partition coefficient (Wildman–Crippen LogP) is 14.1. The van der Waals surface area contributed by atoms with Gasteiger partial charge in [-0.2, -0.15) is 0 Å². The van der Waals surface area contributed by atoms with Crippen molar-refractivity contribution in [3.05, 3.63) is 192 Å². The van der Waals surface area contributed by atoms with Crippen molar-refractivity contribution in [3.8, 4) is 56.0 Å². The number of hydrogen-bond acceptors (Lipinski definition) is 3. The van der Waals surface area contributed by atoms with Crippen molar-refractivity contribution in [1.82, 2.24) is 0 Å². The van der Waals surface area contributed by atoms with Gasteiger partial charge in [0, 0.05) is 44.3 Å². The average Bonchev–Trinajstić information content (AvgIpc) is 3.52. The summed E-state index contributed by atoms with van der Waals surface area (Å²) in [6, 6.07) is 59.1. The summed E-state index contributed by atoms with van der Waals surface area (Å²) < 4.78 is 13.2. The molecule has 1 aliphatic carbocycles. The average molecular weight is 722 g/mol. The van der Waals surface area contributed by atoms with Gasteiger partial charge in [-0.15, -0.1) is 0 Å². The van der Waals surface area contributed by atoms with E-state index in [1.807, 2.05) is 12.1 Å². The van der Waals surface area contributed by atoms with Crippen molar-refractivity contribution >= 4 is 33.9 Å². The summed E-state index contributed by atoms with van der Waals surface area (Å²) in [7, 11) is 1.71. The SMILES string of the molecule is COc1ccc(C2(c3ccc(N4c5ccccc5-c5ccccc5-c5ccccc54)cc3)C=Cc3c(C(C)C)c4c5c(cccc5c3O2)-c2ccccc2-4)cc1. The van der Waals surface area contributed by atoms with Crippen LogP contribution in [0.15, 0.2) is 170 Å². The molecular formula is C53H39NO2. The van der Waals surface area contributed by atoms with Gasteiger partial charge in [-0.05, 0) is 87.3 Å². The molecule has 11 rings (SSSR count). The first kappa shape index (κ1) is 32.6. The third-order valence-corrected chi connectivity index (χ3v) is 12.0. The zero-order valence-corrected chi connectivity index (χ0v) is 31.6. The number of anilines is 3. The van der Waals surface area contributed by atoms with Crippen molar-refractivity contribution in [2.45, 2.75) is 25.4 Å². The Morgan fingerprint density at radius 3 is 1.64 bits per heavy atom.